The Kier molecular flexibility index (Phi) is 9.81. The molecule has 2 aliphatic rings. The summed E-state index contributed by atoms with van der Waals surface area (Å²) < 4.78 is 120. The Morgan fingerprint density at radius 3 is 2.43 bits per heavy atom. The van der Waals surface area contributed by atoms with Crippen molar-refractivity contribution in [3.63, 3.8) is 0 Å². The number of H-pyrrole nitrogens is 1. The largest absolute Gasteiger partial charge is 0.368 e. The van der Waals surface area contributed by atoms with Crippen LogP contribution in [0.1, 0.15) is 84.3 Å². The van der Waals surface area contributed by atoms with Crippen molar-refractivity contribution in [1.29, 1.82) is 0 Å². The topological polar surface area (TPSA) is 166 Å². The number of amides is 1. The van der Waals surface area contributed by atoms with E-state index in [4.69, 9.17) is 22.3 Å². The highest BCUT2D eigenvalue weighted by Gasteiger charge is 2.67. The van der Waals surface area contributed by atoms with Gasteiger partial charge >= 0.3 is 0 Å². The highest BCUT2D eigenvalue weighted by atomic mass is 35.5. The number of aromatic nitrogens is 7. The molecule has 60 heavy (non-hydrogen) atoms. The fourth-order valence-electron chi connectivity index (χ4n) is 8.23. The van der Waals surface area contributed by atoms with Gasteiger partial charge in [-0.25, -0.2) is 40.6 Å². The van der Waals surface area contributed by atoms with Gasteiger partial charge in [-0.05, 0) is 74.4 Å². The number of carbonyl (C=O) groups excluding carboxylic acids is 1. The average Bonchev–Trinajstić information content (AvgIpc) is 3.41. The smallest absolute Gasteiger partial charge is 0.293 e. The summed E-state index contributed by atoms with van der Waals surface area (Å²) in [6.07, 6.45) is 0.209. The van der Waals surface area contributed by atoms with E-state index in [0.717, 1.165) is 18.4 Å². The molecule has 4 heterocycles. The number of pyridine rings is 1. The fourth-order valence-corrected chi connectivity index (χ4v) is 8.97. The van der Waals surface area contributed by atoms with Crippen molar-refractivity contribution in [2.75, 3.05) is 11.0 Å². The number of imidazole rings is 1. The lowest BCUT2D eigenvalue weighted by molar-refractivity contribution is -0.122. The number of anilines is 1. The quantitative estimate of drug-likeness (QED) is 0.0903. The normalized spacial score (nSPS) is 17.9. The Balaban J connectivity index is 1.43. The highest BCUT2D eigenvalue weighted by Crippen LogP contribution is 2.68. The minimum Gasteiger partial charge on any atom is -0.368 e. The molecule has 312 valence electrons. The molecule has 4 atom stereocenters. The van der Waals surface area contributed by atoms with Gasteiger partial charge in [0.25, 0.3) is 12.3 Å². The second kappa shape index (κ2) is 14.4. The monoisotopic (exact) mass is 869 g/mol. The number of nitrogens with two attached hydrogens (primary N) is 1. The van der Waals surface area contributed by atoms with Crippen molar-refractivity contribution < 1.29 is 39.6 Å². The highest BCUT2D eigenvalue weighted by molar-refractivity contribution is 7.92. The van der Waals surface area contributed by atoms with Gasteiger partial charge in [0.2, 0.25) is 15.9 Å². The van der Waals surface area contributed by atoms with Crippen LogP contribution in [0.25, 0.3) is 22.0 Å². The van der Waals surface area contributed by atoms with E-state index >= 15 is 8.78 Å². The summed E-state index contributed by atoms with van der Waals surface area (Å²) in [4.78, 5) is 26.1. The lowest BCUT2D eigenvalue weighted by Crippen LogP contribution is -2.37. The van der Waals surface area contributed by atoms with E-state index < -0.39 is 86.9 Å². The summed E-state index contributed by atoms with van der Waals surface area (Å²) in [5.74, 6) is -4.29. The van der Waals surface area contributed by atoms with Crippen molar-refractivity contribution in [2.24, 2.45) is 18.7 Å². The number of aryl methyl sites for hydroxylation is 1. The van der Waals surface area contributed by atoms with E-state index in [1.807, 2.05) is 0 Å². The van der Waals surface area contributed by atoms with Gasteiger partial charge in [0.1, 0.15) is 40.6 Å². The maximum Gasteiger partial charge on any atom is 0.293 e. The Hall–Kier alpha value is -5.87. The first-order chi connectivity index (χ1) is 28.2. The SMILES string of the molecule is Cn1nc(NS(C)(=O)=O)c2c(Cl)ccc(-c3ccc(C#CC(C)(C)c4ncc[nH]4)nc3[C@@H](Cc3cc(F)cc(F)c3)C(C(N)=O)n3nc(C(F)F)c4c3C(F)(F)[C@@H]3C[C@H]43)c21. The Morgan fingerprint density at radius 2 is 1.80 bits per heavy atom. The zero-order valence-electron chi connectivity index (χ0n) is 32.0. The van der Waals surface area contributed by atoms with Gasteiger partial charge in [-0.1, -0.05) is 23.6 Å². The number of benzene rings is 2. The van der Waals surface area contributed by atoms with Crippen LogP contribution < -0.4 is 10.5 Å². The number of nitrogens with one attached hydrogen (secondary N) is 2. The summed E-state index contributed by atoms with van der Waals surface area (Å²) in [6.45, 7) is 3.58. The molecular weight excluding hydrogens is 836 g/mol. The molecule has 8 rings (SSSR count). The standard InChI is InChI=1S/C40H34ClF6N9O3S/c1-39(2,38-49-11-12-50-38)10-9-21-5-6-22(23-7-8-27(41)29-32(23)55(3)53-37(29)54-60(4,58)59)30(51-21)25(15-18-13-19(42)16-20(43)14-18)33(36(48)57)56-34-28(31(52-56)35(44)45)24-17-26(24)40(34,46)47/h5-8,11-14,16,24-26,33,35H,15,17H2,1-4H3,(H2,48,57)(H,49,50)(H,53,54)/t24-,25+,26+,33?/m0/s1. The number of alkyl halides is 4. The number of aromatic amines is 1. The van der Waals surface area contributed by atoms with Gasteiger partial charge in [0, 0.05) is 54.0 Å². The molecule has 1 fully saturated rings. The zero-order chi connectivity index (χ0) is 43.2. The van der Waals surface area contributed by atoms with E-state index in [2.05, 4.69) is 36.7 Å². The van der Waals surface area contributed by atoms with Gasteiger partial charge in [-0.3, -0.25) is 14.2 Å². The number of carbonyl (C=O) groups is 1. The molecule has 20 heteroatoms. The first-order valence-corrected chi connectivity index (χ1v) is 20.6. The second-order valence-electron chi connectivity index (χ2n) is 15.5. The predicted octanol–water partition coefficient (Wildman–Crippen LogP) is 7.39. The fraction of sp³-hybridized carbons (Fsp3) is 0.325. The van der Waals surface area contributed by atoms with E-state index in [1.165, 1.54) is 23.9 Å². The van der Waals surface area contributed by atoms with Gasteiger partial charge in [0.15, 0.2) is 5.82 Å². The summed E-state index contributed by atoms with van der Waals surface area (Å²) in [6, 6.07) is 6.60. The summed E-state index contributed by atoms with van der Waals surface area (Å²) >= 11 is 6.64. The summed E-state index contributed by atoms with van der Waals surface area (Å²) in [5.41, 5.74) is 3.62. The molecule has 12 nitrogen and oxygen atoms in total. The van der Waals surface area contributed by atoms with Gasteiger partial charge in [0.05, 0.1) is 33.3 Å². The van der Waals surface area contributed by atoms with Crippen LogP contribution in [0.3, 0.4) is 0 Å². The number of hydrogen-bond donors (Lipinski definition) is 3. The summed E-state index contributed by atoms with van der Waals surface area (Å²) in [5, 5.41) is 8.54. The lowest BCUT2D eigenvalue weighted by Gasteiger charge is -2.29. The molecule has 4 N–H and O–H groups in total. The molecule has 0 aliphatic heterocycles. The molecule has 1 saturated carbocycles. The second-order valence-corrected chi connectivity index (χ2v) is 17.7. The third-order valence-electron chi connectivity index (χ3n) is 10.8. The number of hydrogen-bond acceptors (Lipinski definition) is 7. The molecule has 0 radical (unpaired) electrons. The van der Waals surface area contributed by atoms with Crippen molar-refractivity contribution in [3.05, 3.63) is 111 Å². The lowest BCUT2D eigenvalue weighted by atomic mass is 9.84. The molecule has 4 aromatic heterocycles. The van der Waals surface area contributed by atoms with Crippen LogP contribution >= 0.6 is 11.6 Å². The number of nitrogens with zero attached hydrogens (tertiary/aromatic N) is 6. The predicted molar refractivity (Wildman–Crippen MR) is 209 cm³/mol. The molecule has 0 spiro atoms. The van der Waals surface area contributed by atoms with Crippen molar-refractivity contribution >= 4 is 44.3 Å². The minimum absolute atomic E-state index is 0.0626. The van der Waals surface area contributed by atoms with Crippen LogP contribution in [-0.4, -0.2) is 55.1 Å². The number of halogens is 7. The van der Waals surface area contributed by atoms with E-state index in [0.29, 0.717) is 16.6 Å². The molecular formula is C40H34ClF6N9O3S. The van der Waals surface area contributed by atoms with Crippen molar-refractivity contribution in [1.82, 2.24) is 34.5 Å². The van der Waals surface area contributed by atoms with Crippen molar-refractivity contribution in [3.8, 4) is 23.0 Å². The third kappa shape index (κ3) is 7.14. The van der Waals surface area contributed by atoms with Crippen LogP contribution in [0.2, 0.25) is 5.02 Å². The molecule has 2 aromatic carbocycles. The van der Waals surface area contributed by atoms with Crippen LogP contribution in [0.4, 0.5) is 32.2 Å². The first kappa shape index (κ1) is 40.9. The van der Waals surface area contributed by atoms with Crippen molar-refractivity contribution in [2.45, 2.75) is 62.3 Å². The molecule has 0 saturated heterocycles. The number of fused-ring (bicyclic) bond motifs is 4. The van der Waals surface area contributed by atoms with Crippen LogP contribution in [0.15, 0.2) is 54.9 Å². The Morgan fingerprint density at radius 1 is 1.10 bits per heavy atom. The average molecular weight is 870 g/mol. The van der Waals surface area contributed by atoms with E-state index in [-0.39, 0.29) is 61.8 Å². The van der Waals surface area contributed by atoms with Crippen LogP contribution in [0, 0.1) is 29.4 Å². The van der Waals surface area contributed by atoms with Gasteiger partial charge in [-0.2, -0.15) is 19.0 Å². The van der Waals surface area contributed by atoms with E-state index in [9.17, 15) is 30.8 Å². The maximum absolute atomic E-state index is 16.2. The first-order valence-electron chi connectivity index (χ1n) is 18.4. The Labute approximate surface area is 343 Å². The van der Waals surface area contributed by atoms with Gasteiger partial charge in [-0.15, -0.1) is 0 Å². The van der Waals surface area contributed by atoms with Gasteiger partial charge < -0.3 is 10.7 Å². The number of sulfonamides is 1. The molecule has 6 aromatic rings. The Bertz CT molecular complexity index is 2880. The third-order valence-corrected chi connectivity index (χ3v) is 11.7. The molecule has 2 aliphatic carbocycles. The van der Waals surface area contributed by atoms with Crippen LogP contribution in [-0.2, 0) is 39.6 Å². The molecule has 1 unspecified atom stereocenters. The minimum atomic E-state index is -3.88. The van der Waals surface area contributed by atoms with E-state index in [1.54, 1.807) is 38.4 Å². The number of primary amides is 1. The molecule has 1 amide bonds. The van der Waals surface area contributed by atoms with Crippen LogP contribution in [0.5, 0.6) is 0 Å². The zero-order valence-corrected chi connectivity index (χ0v) is 33.6. The maximum atomic E-state index is 16.2. The number of rotatable bonds is 11. The molecule has 0 bridgehead atoms. The summed E-state index contributed by atoms with van der Waals surface area (Å²) in [7, 11) is -2.38.